The Morgan fingerprint density at radius 1 is 1.29 bits per heavy atom. The molecule has 2 nitrogen and oxygen atoms in total. The van der Waals surface area contributed by atoms with Gasteiger partial charge in [0.2, 0.25) is 0 Å². The fourth-order valence-electron chi connectivity index (χ4n) is 2.30. The highest BCUT2D eigenvalue weighted by molar-refractivity contribution is 7.07. The summed E-state index contributed by atoms with van der Waals surface area (Å²) < 4.78 is 13.3. The van der Waals surface area contributed by atoms with Gasteiger partial charge in [-0.05, 0) is 63.8 Å². The molecule has 0 aliphatic rings. The number of rotatable bonds is 6. The second kappa shape index (κ2) is 7.14. The maximum atomic E-state index is 13.3. The zero-order valence-corrected chi connectivity index (χ0v) is 13.7. The molecule has 2 rings (SSSR count). The van der Waals surface area contributed by atoms with Crippen molar-refractivity contribution in [2.75, 3.05) is 6.54 Å². The molecule has 4 heteroatoms. The maximum Gasteiger partial charge on any atom is 0.123 e. The van der Waals surface area contributed by atoms with Gasteiger partial charge in [0.1, 0.15) is 5.82 Å². The van der Waals surface area contributed by atoms with Gasteiger partial charge in [0.15, 0.2) is 0 Å². The lowest BCUT2D eigenvalue weighted by atomic mass is 9.94. The monoisotopic (exact) mass is 306 g/mol. The zero-order chi connectivity index (χ0) is 15.3. The van der Waals surface area contributed by atoms with Gasteiger partial charge in [-0.15, -0.1) is 11.3 Å². The van der Waals surface area contributed by atoms with Crippen molar-refractivity contribution in [2.24, 2.45) is 5.92 Å². The van der Waals surface area contributed by atoms with Crippen LogP contribution in [0.5, 0.6) is 0 Å². The largest absolute Gasteiger partial charge is 0.312 e. The first kappa shape index (κ1) is 16.1. The lowest BCUT2D eigenvalue weighted by Gasteiger charge is -2.25. The fourth-order valence-corrected chi connectivity index (χ4v) is 2.87. The van der Waals surface area contributed by atoms with Crippen LogP contribution in [0.1, 0.15) is 32.0 Å². The predicted molar refractivity (Wildman–Crippen MR) is 87.2 cm³/mol. The Hall–Kier alpha value is -1.26. The molecule has 0 bridgehead atoms. The van der Waals surface area contributed by atoms with E-state index in [1.807, 2.05) is 11.6 Å². The van der Waals surface area contributed by atoms with Crippen molar-refractivity contribution in [3.05, 3.63) is 52.2 Å². The highest BCUT2D eigenvalue weighted by Crippen LogP contribution is 2.16. The van der Waals surface area contributed by atoms with Gasteiger partial charge in [0.25, 0.3) is 0 Å². The SMILES string of the molecule is CC(C)(C)NCC(Cc1cccc(F)c1)Cc1cscn1. The molecule has 0 radical (unpaired) electrons. The van der Waals surface area contributed by atoms with E-state index >= 15 is 0 Å². The van der Waals surface area contributed by atoms with Gasteiger partial charge in [-0.1, -0.05) is 12.1 Å². The van der Waals surface area contributed by atoms with Crippen LogP contribution in [0.3, 0.4) is 0 Å². The summed E-state index contributed by atoms with van der Waals surface area (Å²) in [5.41, 5.74) is 4.12. The number of nitrogens with zero attached hydrogens (tertiary/aromatic N) is 1. The molecule has 114 valence electrons. The minimum absolute atomic E-state index is 0.0856. The molecule has 1 unspecified atom stereocenters. The molecule has 1 atom stereocenters. The third-order valence-corrected chi connectivity index (χ3v) is 3.95. The molecule has 21 heavy (non-hydrogen) atoms. The highest BCUT2D eigenvalue weighted by atomic mass is 32.1. The fraction of sp³-hybridized carbons (Fsp3) is 0.471. The van der Waals surface area contributed by atoms with E-state index in [0.717, 1.165) is 30.6 Å². The third-order valence-electron chi connectivity index (χ3n) is 3.32. The highest BCUT2D eigenvalue weighted by Gasteiger charge is 2.16. The minimum atomic E-state index is -0.163. The van der Waals surface area contributed by atoms with Crippen LogP contribution in [0.25, 0.3) is 0 Å². The molecular formula is C17H23FN2S. The second-order valence-corrected chi connectivity index (χ2v) is 7.23. The summed E-state index contributed by atoms with van der Waals surface area (Å²) in [4.78, 5) is 4.38. The van der Waals surface area contributed by atoms with Crippen molar-refractivity contribution in [2.45, 2.75) is 39.2 Å². The average molecular weight is 306 g/mol. The van der Waals surface area contributed by atoms with E-state index in [2.05, 4.69) is 36.5 Å². The van der Waals surface area contributed by atoms with Gasteiger partial charge in [-0.25, -0.2) is 9.37 Å². The Kier molecular flexibility index (Phi) is 5.48. The molecule has 1 heterocycles. The van der Waals surface area contributed by atoms with Crippen molar-refractivity contribution in [3.63, 3.8) is 0 Å². The molecular weight excluding hydrogens is 283 g/mol. The van der Waals surface area contributed by atoms with E-state index in [4.69, 9.17) is 0 Å². The van der Waals surface area contributed by atoms with Crippen LogP contribution < -0.4 is 5.32 Å². The van der Waals surface area contributed by atoms with E-state index in [0.29, 0.717) is 5.92 Å². The van der Waals surface area contributed by atoms with Crippen molar-refractivity contribution >= 4 is 11.3 Å². The lowest BCUT2D eigenvalue weighted by molar-refractivity contribution is 0.365. The van der Waals surface area contributed by atoms with E-state index in [9.17, 15) is 4.39 Å². The number of hydrogen-bond acceptors (Lipinski definition) is 3. The van der Waals surface area contributed by atoms with Gasteiger partial charge < -0.3 is 5.32 Å². The Labute approximate surface area is 130 Å². The van der Waals surface area contributed by atoms with Gasteiger partial charge >= 0.3 is 0 Å². The van der Waals surface area contributed by atoms with Crippen molar-refractivity contribution in [1.29, 1.82) is 0 Å². The number of thiazole rings is 1. The summed E-state index contributed by atoms with van der Waals surface area (Å²) in [5, 5.41) is 5.64. The van der Waals surface area contributed by atoms with Gasteiger partial charge in [0, 0.05) is 10.9 Å². The third kappa shape index (κ3) is 5.94. The van der Waals surface area contributed by atoms with Crippen LogP contribution in [0.2, 0.25) is 0 Å². The molecule has 0 saturated heterocycles. The first-order chi connectivity index (χ1) is 9.92. The van der Waals surface area contributed by atoms with Crippen LogP contribution in [-0.4, -0.2) is 17.1 Å². The summed E-state index contributed by atoms with van der Waals surface area (Å²) in [6, 6.07) is 6.90. The minimum Gasteiger partial charge on any atom is -0.312 e. The first-order valence-electron chi connectivity index (χ1n) is 7.29. The summed E-state index contributed by atoms with van der Waals surface area (Å²) >= 11 is 1.62. The van der Waals surface area contributed by atoms with Gasteiger partial charge in [-0.3, -0.25) is 0 Å². The number of nitrogens with one attached hydrogen (secondary N) is 1. The number of aromatic nitrogens is 1. The molecule has 1 N–H and O–H groups in total. The van der Waals surface area contributed by atoms with Crippen LogP contribution in [-0.2, 0) is 12.8 Å². The van der Waals surface area contributed by atoms with Crippen molar-refractivity contribution in [1.82, 2.24) is 10.3 Å². The normalized spacial score (nSPS) is 13.3. The van der Waals surface area contributed by atoms with Crippen molar-refractivity contribution in [3.8, 4) is 0 Å². The summed E-state index contributed by atoms with van der Waals surface area (Å²) in [6.45, 7) is 7.39. The van der Waals surface area contributed by atoms with Crippen LogP contribution >= 0.6 is 11.3 Å². The van der Waals surface area contributed by atoms with Crippen molar-refractivity contribution < 1.29 is 4.39 Å². The number of halogens is 1. The molecule has 0 amide bonds. The summed E-state index contributed by atoms with van der Waals surface area (Å²) in [7, 11) is 0. The molecule has 0 fully saturated rings. The Morgan fingerprint density at radius 3 is 2.71 bits per heavy atom. The van der Waals surface area contributed by atoms with E-state index in [-0.39, 0.29) is 11.4 Å². The zero-order valence-electron chi connectivity index (χ0n) is 12.9. The topological polar surface area (TPSA) is 24.9 Å². The van der Waals surface area contributed by atoms with Crippen LogP contribution in [0, 0.1) is 11.7 Å². The average Bonchev–Trinajstić information content (AvgIpc) is 2.88. The van der Waals surface area contributed by atoms with E-state index < -0.39 is 0 Å². The van der Waals surface area contributed by atoms with Gasteiger partial charge in [0.05, 0.1) is 11.2 Å². The standard InChI is InChI=1S/C17H23FN2S/c1-17(2,3)20-10-14(9-16-11-21-12-19-16)7-13-5-4-6-15(18)8-13/h4-6,8,11-12,14,20H,7,9-10H2,1-3H3. The molecule has 0 aliphatic heterocycles. The number of hydrogen-bond donors (Lipinski definition) is 1. The first-order valence-corrected chi connectivity index (χ1v) is 8.23. The smallest absolute Gasteiger partial charge is 0.123 e. The van der Waals surface area contributed by atoms with Crippen LogP contribution in [0.15, 0.2) is 35.2 Å². The second-order valence-electron chi connectivity index (χ2n) is 6.51. The lowest BCUT2D eigenvalue weighted by Crippen LogP contribution is -2.40. The molecule has 1 aromatic carbocycles. The van der Waals surface area contributed by atoms with Crippen LogP contribution in [0.4, 0.5) is 4.39 Å². The van der Waals surface area contributed by atoms with E-state index in [1.54, 1.807) is 23.5 Å². The predicted octanol–water partition coefficient (Wildman–Crippen LogP) is 4.07. The van der Waals surface area contributed by atoms with Gasteiger partial charge in [-0.2, -0.15) is 0 Å². The quantitative estimate of drug-likeness (QED) is 0.870. The molecule has 1 aromatic heterocycles. The molecule has 0 aliphatic carbocycles. The maximum absolute atomic E-state index is 13.3. The molecule has 0 saturated carbocycles. The summed E-state index contributed by atoms with van der Waals surface area (Å²) in [6.07, 6.45) is 1.78. The Bertz CT molecular complexity index is 546. The Balaban J connectivity index is 2.03. The Morgan fingerprint density at radius 2 is 2.10 bits per heavy atom. The van der Waals surface area contributed by atoms with E-state index in [1.165, 1.54) is 6.07 Å². The molecule has 0 spiro atoms. The number of benzene rings is 1. The summed E-state index contributed by atoms with van der Waals surface area (Å²) in [5.74, 6) is 0.247. The molecule has 2 aromatic rings.